The summed E-state index contributed by atoms with van der Waals surface area (Å²) in [4.78, 5) is 26.3. The Morgan fingerprint density at radius 2 is 2.05 bits per heavy atom. The molecule has 7 nitrogen and oxygen atoms in total. The summed E-state index contributed by atoms with van der Waals surface area (Å²) in [6.07, 6.45) is 3.32. The van der Waals surface area contributed by atoms with Crippen molar-refractivity contribution in [1.29, 1.82) is 0 Å². The molecule has 2 N–H and O–H groups in total. The van der Waals surface area contributed by atoms with Gasteiger partial charge in [0.25, 0.3) is 0 Å². The SMILES string of the molecule is O=C(O)CCN1CCN(C(=O)NCc2ccoc2)CC1. The number of nitrogens with zero attached hydrogens (tertiary/aromatic N) is 2. The predicted octanol–water partition coefficient (Wildman–Crippen LogP) is 0.582. The van der Waals surface area contributed by atoms with Crippen molar-refractivity contribution in [3.8, 4) is 0 Å². The maximum atomic E-state index is 11.9. The number of hydrogen-bond acceptors (Lipinski definition) is 4. The Balaban J connectivity index is 1.67. The van der Waals surface area contributed by atoms with Gasteiger partial charge in [-0.2, -0.15) is 0 Å². The van der Waals surface area contributed by atoms with Crippen LogP contribution < -0.4 is 5.32 Å². The lowest BCUT2D eigenvalue weighted by molar-refractivity contribution is -0.137. The first-order chi connectivity index (χ1) is 9.65. The fraction of sp³-hybridized carbons (Fsp3) is 0.538. The van der Waals surface area contributed by atoms with Gasteiger partial charge in [0.2, 0.25) is 0 Å². The minimum absolute atomic E-state index is 0.0934. The number of aliphatic carboxylic acids is 1. The molecule has 1 fully saturated rings. The number of carboxylic acid groups (broad SMARTS) is 1. The average Bonchev–Trinajstić information content (AvgIpc) is 2.96. The van der Waals surface area contributed by atoms with E-state index in [0.29, 0.717) is 39.3 Å². The van der Waals surface area contributed by atoms with E-state index < -0.39 is 5.97 Å². The number of piperazine rings is 1. The van der Waals surface area contributed by atoms with E-state index in [-0.39, 0.29) is 12.5 Å². The molecule has 1 aromatic heterocycles. The van der Waals surface area contributed by atoms with Crippen LogP contribution in [-0.2, 0) is 11.3 Å². The van der Waals surface area contributed by atoms with E-state index in [1.54, 1.807) is 17.4 Å². The summed E-state index contributed by atoms with van der Waals surface area (Å²) < 4.78 is 4.93. The minimum atomic E-state index is -0.787. The summed E-state index contributed by atoms with van der Waals surface area (Å²) in [6, 6.07) is 1.72. The van der Waals surface area contributed by atoms with Crippen LogP contribution in [0.3, 0.4) is 0 Å². The first kappa shape index (κ1) is 14.4. The molecule has 0 radical (unpaired) electrons. The van der Waals surface area contributed by atoms with Crippen molar-refractivity contribution in [2.45, 2.75) is 13.0 Å². The summed E-state index contributed by atoms with van der Waals surface area (Å²) in [5.41, 5.74) is 0.929. The number of urea groups is 1. The van der Waals surface area contributed by atoms with E-state index in [1.807, 2.05) is 6.07 Å². The van der Waals surface area contributed by atoms with Gasteiger partial charge in [-0.3, -0.25) is 9.69 Å². The first-order valence-corrected chi connectivity index (χ1v) is 6.63. The third-order valence-electron chi connectivity index (χ3n) is 3.33. The summed E-state index contributed by atoms with van der Waals surface area (Å²) in [5, 5.41) is 11.5. The Bertz CT molecular complexity index is 438. The van der Waals surface area contributed by atoms with Gasteiger partial charge in [-0.05, 0) is 6.07 Å². The Morgan fingerprint density at radius 3 is 2.65 bits per heavy atom. The van der Waals surface area contributed by atoms with Crippen molar-refractivity contribution in [1.82, 2.24) is 15.1 Å². The van der Waals surface area contributed by atoms with Crippen LogP contribution in [0.5, 0.6) is 0 Å². The second kappa shape index (κ2) is 6.95. The quantitative estimate of drug-likeness (QED) is 0.824. The van der Waals surface area contributed by atoms with Crippen LogP contribution in [0.15, 0.2) is 23.0 Å². The lowest BCUT2D eigenvalue weighted by atomic mass is 10.3. The van der Waals surface area contributed by atoms with E-state index in [4.69, 9.17) is 9.52 Å². The Labute approximate surface area is 117 Å². The zero-order chi connectivity index (χ0) is 14.4. The largest absolute Gasteiger partial charge is 0.481 e. The Morgan fingerprint density at radius 1 is 1.30 bits per heavy atom. The molecular weight excluding hydrogens is 262 g/mol. The smallest absolute Gasteiger partial charge is 0.317 e. The van der Waals surface area contributed by atoms with Crippen molar-refractivity contribution in [3.05, 3.63) is 24.2 Å². The third kappa shape index (κ3) is 4.27. The molecule has 0 aromatic carbocycles. The maximum absolute atomic E-state index is 11.9. The van der Waals surface area contributed by atoms with E-state index >= 15 is 0 Å². The summed E-state index contributed by atoms with van der Waals surface area (Å²) in [7, 11) is 0. The second-order valence-electron chi connectivity index (χ2n) is 4.76. The fourth-order valence-electron chi connectivity index (χ4n) is 2.11. The van der Waals surface area contributed by atoms with Crippen LogP contribution in [0.25, 0.3) is 0 Å². The van der Waals surface area contributed by atoms with Gasteiger partial charge < -0.3 is 19.7 Å². The summed E-state index contributed by atoms with van der Waals surface area (Å²) in [5.74, 6) is -0.787. The lowest BCUT2D eigenvalue weighted by Crippen LogP contribution is -2.51. The zero-order valence-corrected chi connectivity index (χ0v) is 11.2. The standard InChI is InChI=1S/C13H19N3O4/c17-12(18)1-3-15-4-6-16(7-5-15)13(19)14-9-11-2-8-20-10-11/h2,8,10H,1,3-7,9H2,(H,14,19)(H,17,18). The lowest BCUT2D eigenvalue weighted by Gasteiger charge is -2.34. The molecule has 0 aliphatic carbocycles. The number of furan rings is 1. The van der Waals surface area contributed by atoms with Gasteiger partial charge in [0, 0.05) is 44.8 Å². The van der Waals surface area contributed by atoms with Crippen molar-refractivity contribution in [3.63, 3.8) is 0 Å². The number of rotatable bonds is 5. The van der Waals surface area contributed by atoms with Crippen LogP contribution >= 0.6 is 0 Å². The molecule has 0 atom stereocenters. The van der Waals surface area contributed by atoms with Gasteiger partial charge in [-0.25, -0.2) is 4.79 Å². The number of hydrogen-bond donors (Lipinski definition) is 2. The number of carbonyl (C=O) groups excluding carboxylic acids is 1. The highest BCUT2D eigenvalue weighted by Crippen LogP contribution is 2.04. The second-order valence-corrected chi connectivity index (χ2v) is 4.76. The van der Waals surface area contributed by atoms with Crippen molar-refractivity contribution in [2.24, 2.45) is 0 Å². The molecule has 0 spiro atoms. The molecule has 2 amide bonds. The molecule has 7 heteroatoms. The highest BCUT2D eigenvalue weighted by molar-refractivity contribution is 5.74. The molecule has 0 unspecified atom stereocenters. The maximum Gasteiger partial charge on any atom is 0.317 e. The summed E-state index contributed by atoms with van der Waals surface area (Å²) in [6.45, 7) is 3.67. The average molecular weight is 281 g/mol. The first-order valence-electron chi connectivity index (χ1n) is 6.63. The van der Waals surface area contributed by atoms with E-state index in [0.717, 1.165) is 5.56 Å². The fourth-order valence-corrected chi connectivity index (χ4v) is 2.11. The normalized spacial score (nSPS) is 16.1. The van der Waals surface area contributed by atoms with Gasteiger partial charge in [0.05, 0.1) is 18.9 Å². The molecule has 0 bridgehead atoms. The number of carboxylic acids is 1. The molecule has 110 valence electrons. The number of nitrogens with one attached hydrogen (secondary N) is 1. The number of carbonyl (C=O) groups is 2. The van der Waals surface area contributed by atoms with Gasteiger partial charge >= 0.3 is 12.0 Å². The molecular formula is C13H19N3O4. The Kier molecular flexibility index (Phi) is 5.00. The van der Waals surface area contributed by atoms with Crippen molar-refractivity contribution in [2.75, 3.05) is 32.7 Å². The summed E-state index contributed by atoms with van der Waals surface area (Å²) >= 11 is 0. The minimum Gasteiger partial charge on any atom is -0.481 e. The van der Waals surface area contributed by atoms with Crippen molar-refractivity contribution < 1.29 is 19.1 Å². The molecule has 1 aliphatic rings. The van der Waals surface area contributed by atoms with Crippen molar-refractivity contribution >= 4 is 12.0 Å². The molecule has 2 heterocycles. The van der Waals surface area contributed by atoms with Crippen LogP contribution in [-0.4, -0.2) is 59.6 Å². The van der Waals surface area contributed by atoms with Gasteiger partial charge in [0.15, 0.2) is 0 Å². The topological polar surface area (TPSA) is 86.0 Å². The van der Waals surface area contributed by atoms with Gasteiger partial charge in [-0.1, -0.05) is 0 Å². The molecule has 1 aromatic rings. The van der Waals surface area contributed by atoms with E-state index in [9.17, 15) is 9.59 Å². The molecule has 1 saturated heterocycles. The third-order valence-corrected chi connectivity index (χ3v) is 3.33. The van der Waals surface area contributed by atoms with E-state index in [2.05, 4.69) is 10.2 Å². The molecule has 20 heavy (non-hydrogen) atoms. The monoisotopic (exact) mass is 281 g/mol. The number of amides is 2. The zero-order valence-electron chi connectivity index (χ0n) is 11.2. The van der Waals surface area contributed by atoms with Gasteiger partial charge in [-0.15, -0.1) is 0 Å². The predicted molar refractivity (Wildman–Crippen MR) is 71.2 cm³/mol. The molecule has 2 rings (SSSR count). The van der Waals surface area contributed by atoms with Crippen LogP contribution in [0.4, 0.5) is 4.79 Å². The molecule has 1 aliphatic heterocycles. The van der Waals surface area contributed by atoms with Crippen LogP contribution in [0.1, 0.15) is 12.0 Å². The molecule has 0 saturated carbocycles. The Hall–Kier alpha value is -2.02. The van der Waals surface area contributed by atoms with Crippen LogP contribution in [0, 0.1) is 0 Å². The van der Waals surface area contributed by atoms with E-state index in [1.165, 1.54) is 0 Å². The highest BCUT2D eigenvalue weighted by atomic mass is 16.4. The van der Waals surface area contributed by atoms with Gasteiger partial charge in [0.1, 0.15) is 0 Å². The highest BCUT2D eigenvalue weighted by Gasteiger charge is 2.20. The van der Waals surface area contributed by atoms with Crippen LogP contribution in [0.2, 0.25) is 0 Å².